The zero-order valence-corrected chi connectivity index (χ0v) is 19.1. The molecule has 1 aliphatic rings. The van der Waals surface area contributed by atoms with Crippen molar-refractivity contribution in [1.29, 1.82) is 5.26 Å². The van der Waals surface area contributed by atoms with Crippen LogP contribution in [0.5, 0.6) is 0 Å². The first-order chi connectivity index (χ1) is 15.5. The number of amides is 1. The van der Waals surface area contributed by atoms with E-state index in [2.05, 4.69) is 49.2 Å². The molecule has 1 fully saturated rings. The molecule has 164 valence electrons. The Labute approximate surface area is 190 Å². The van der Waals surface area contributed by atoms with E-state index in [-0.39, 0.29) is 5.57 Å². The topological polar surface area (TPSA) is 96.1 Å². The lowest BCUT2D eigenvalue weighted by Crippen LogP contribution is -2.36. The van der Waals surface area contributed by atoms with Crippen LogP contribution in [0.1, 0.15) is 22.5 Å². The number of anilines is 2. The summed E-state index contributed by atoms with van der Waals surface area (Å²) in [5, 5.41) is 21.6. The Bertz CT molecular complexity index is 1200. The van der Waals surface area contributed by atoms with Crippen LogP contribution in [-0.4, -0.2) is 47.0 Å². The lowest BCUT2D eigenvalue weighted by molar-refractivity contribution is -0.112. The smallest absolute Gasteiger partial charge is 0.268 e. The van der Waals surface area contributed by atoms with Gasteiger partial charge in [0.15, 0.2) is 0 Å². The largest absolute Gasteiger partial charge is 0.378 e. The van der Waals surface area contributed by atoms with Gasteiger partial charge in [-0.2, -0.15) is 5.26 Å². The molecular weight excluding hydrogens is 424 g/mol. The van der Waals surface area contributed by atoms with Crippen molar-refractivity contribution >= 4 is 33.6 Å². The standard InChI is InChI=1S/C23H24N6O2S/c1-15-4-6-20(7-5-15)29-16(2)12-18(17(29)3)13-19(14-24)21(30)25-22-26-27-23(32-22)28-8-10-31-11-9-28/h4-7,12-13H,8-11H2,1-3H3,(H,25,26,30)/b19-13-. The lowest BCUT2D eigenvalue weighted by atomic mass is 10.1. The number of hydrogen-bond donors (Lipinski definition) is 1. The zero-order valence-electron chi connectivity index (χ0n) is 18.3. The van der Waals surface area contributed by atoms with Crippen molar-refractivity contribution < 1.29 is 9.53 Å². The van der Waals surface area contributed by atoms with Crippen LogP contribution in [0.15, 0.2) is 35.9 Å². The maximum Gasteiger partial charge on any atom is 0.268 e. The van der Waals surface area contributed by atoms with Gasteiger partial charge in [0, 0.05) is 30.2 Å². The Hall–Kier alpha value is -3.48. The van der Waals surface area contributed by atoms with Gasteiger partial charge in [0.2, 0.25) is 10.3 Å². The Morgan fingerprint density at radius 2 is 1.91 bits per heavy atom. The van der Waals surface area contributed by atoms with Gasteiger partial charge in [-0.25, -0.2) is 0 Å². The molecule has 9 heteroatoms. The molecule has 8 nitrogen and oxygen atoms in total. The van der Waals surface area contributed by atoms with Crippen LogP contribution in [0.25, 0.3) is 11.8 Å². The number of morpholine rings is 1. The fourth-order valence-electron chi connectivity index (χ4n) is 3.64. The quantitative estimate of drug-likeness (QED) is 0.473. The summed E-state index contributed by atoms with van der Waals surface area (Å²) in [6.45, 7) is 8.79. The molecule has 1 N–H and O–H groups in total. The number of carbonyl (C=O) groups excluding carboxylic acids is 1. The van der Waals surface area contributed by atoms with E-state index in [1.807, 2.05) is 32.9 Å². The van der Waals surface area contributed by atoms with E-state index in [4.69, 9.17) is 4.74 Å². The molecule has 4 rings (SSSR count). The van der Waals surface area contributed by atoms with Crippen molar-refractivity contribution in [2.45, 2.75) is 20.8 Å². The molecule has 0 radical (unpaired) electrons. The van der Waals surface area contributed by atoms with Crippen LogP contribution < -0.4 is 10.2 Å². The molecule has 0 aliphatic carbocycles. The summed E-state index contributed by atoms with van der Waals surface area (Å²) >= 11 is 1.29. The second-order valence-corrected chi connectivity index (χ2v) is 8.57. The number of rotatable bonds is 5. The number of nitrogens with one attached hydrogen (secondary N) is 1. The van der Waals surface area contributed by atoms with E-state index in [9.17, 15) is 10.1 Å². The minimum Gasteiger partial charge on any atom is -0.378 e. The number of benzene rings is 1. The maximum absolute atomic E-state index is 12.7. The number of ether oxygens (including phenoxy) is 1. The highest BCUT2D eigenvalue weighted by atomic mass is 32.1. The second kappa shape index (κ2) is 9.34. The predicted octanol–water partition coefficient (Wildman–Crippen LogP) is 3.64. The first-order valence-electron chi connectivity index (χ1n) is 10.3. The van der Waals surface area contributed by atoms with Gasteiger partial charge in [0.1, 0.15) is 11.6 Å². The molecule has 0 spiro atoms. The van der Waals surface area contributed by atoms with Crippen LogP contribution in [-0.2, 0) is 9.53 Å². The minimum absolute atomic E-state index is 0.0114. The van der Waals surface area contributed by atoms with E-state index in [1.54, 1.807) is 6.08 Å². The summed E-state index contributed by atoms with van der Waals surface area (Å²) < 4.78 is 7.46. The Kier molecular flexibility index (Phi) is 6.35. The van der Waals surface area contributed by atoms with Gasteiger partial charge < -0.3 is 14.2 Å². The summed E-state index contributed by atoms with van der Waals surface area (Å²) in [4.78, 5) is 14.8. The molecule has 0 unspecified atom stereocenters. The molecule has 0 bridgehead atoms. The lowest BCUT2D eigenvalue weighted by Gasteiger charge is -2.25. The van der Waals surface area contributed by atoms with Crippen LogP contribution in [0.3, 0.4) is 0 Å². The Balaban J connectivity index is 1.54. The highest BCUT2D eigenvalue weighted by molar-refractivity contribution is 7.19. The van der Waals surface area contributed by atoms with Gasteiger partial charge in [0.05, 0.1) is 13.2 Å². The van der Waals surface area contributed by atoms with E-state index in [1.165, 1.54) is 16.9 Å². The maximum atomic E-state index is 12.7. The summed E-state index contributed by atoms with van der Waals surface area (Å²) in [7, 11) is 0. The zero-order chi connectivity index (χ0) is 22.7. The highest BCUT2D eigenvalue weighted by Crippen LogP contribution is 2.26. The van der Waals surface area contributed by atoms with Crippen LogP contribution >= 0.6 is 11.3 Å². The van der Waals surface area contributed by atoms with Crippen LogP contribution in [0.4, 0.5) is 10.3 Å². The van der Waals surface area contributed by atoms with Crippen molar-refractivity contribution in [3.05, 3.63) is 58.4 Å². The van der Waals surface area contributed by atoms with Crippen molar-refractivity contribution in [1.82, 2.24) is 14.8 Å². The number of nitriles is 1. The van der Waals surface area contributed by atoms with E-state index in [0.717, 1.165) is 40.9 Å². The van der Waals surface area contributed by atoms with E-state index in [0.29, 0.717) is 18.3 Å². The molecule has 3 aromatic rings. The summed E-state index contributed by atoms with van der Waals surface area (Å²) in [5.41, 5.74) is 5.04. The third-order valence-electron chi connectivity index (χ3n) is 5.34. The fourth-order valence-corrected chi connectivity index (χ4v) is 4.43. The Morgan fingerprint density at radius 3 is 2.59 bits per heavy atom. The number of carbonyl (C=O) groups is 1. The normalized spacial score (nSPS) is 14.3. The van der Waals surface area contributed by atoms with Crippen LogP contribution in [0.2, 0.25) is 0 Å². The molecule has 1 saturated heterocycles. The number of aromatic nitrogens is 3. The molecule has 3 heterocycles. The molecule has 0 atom stereocenters. The van der Waals surface area contributed by atoms with Gasteiger partial charge in [-0.3, -0.25) is 10.1 Å². The van der Waals surface area contributed by atoms with Gasteiger partial charge in [-0.1, -0.05) is 29.0 Å². The van der Waals surface area contributed by atoms with Gasteiger partial charge in [0.25, 0.3) is 5.91 Å². The fraction of sp³-hybridized carbons (Fsp3) is 0.304. The van der Waals surface area contributed by atoms with Crippen molar-refractivity contribution in [3.63, 3.8) is 0 Å². The first-order valence-corrected chi connectivity index (χ1v) is 11.1. The molecule has 1 aliphatic heterocycles. The van der Waals surface area contributed by atoms with Crippen molar-refractivity contribution in [3.8, 4) is 11.8 Å². The average Bonchev–Trinajstić information content (AvgIpc) is 3.37. The van der Waals surface area contributed by atoms with Crippen molar-refractivity contribution in [2.24, 2.45) is 0 Å². The third kappa shape index (κ3) is 4.56. The van der Waals surface area contributed by atoms with Crippen LogP contribution in [0, 0.1) is 32.1 Å². The van der Waals surface area contributed by atoms with Gasteiger partial charge in [-0.05, 0) is 50.6 Å². The third-order valence-corrected chi connectivity index (χ3v) is 6.24. The molecule has 1 aromatic carbocycles. The van der Waals surface area contributed by atoms with Gasteiger partial charge in [-0.15, -0.1) is 10.2 Å². The van der Waals surface area contributed by atoms with E-state index < -0.39 is 5.91 Å². The van der Waals surface area contributed by atoms with E-state index >= 15 is 0 Å². The minimum atomic E-state index is -0.502. The monoisotopic (exact) mass is 448 g/mol. The summed E-state index contributed by atoms with van der Waals surface area (Å²) in [5.74, 6) is -0.502. The summed E-state index contributed by atoms with van der Waals surface area (Å²) in [6, 6.07) is 12.2. The molecule has 0 saturated carbocycles. The molecule has 32 heavy (non-hydrogen) atoms. The summed E-state index contributed by atoms with van der Waals surface area (Å²) in [6.07, 6.45) is 1.62. The predicted molar refractivity (Wildman–Crippen MR) is 125 cm³/mol. The number of aryl methyl sites for hydroxylation is 2. The highest BCUT2D eigenvalue weighted by Gasteiger charge is 2.19. The Morgan fingerprint density at radius 1 is 1.19 bits per heavy atom. The number of hydrogen-bond acceptors (Lipinski definition) is 7. The molecular formula is C23H24N6O2S. The van der Waals surface area contributed by atoms with Gasteiger partial charge >= 0.3 is 0 Å². The van der Waals surface area contributed by atoms with Crippen molar-refractivity contribution in [2.75, 3.05) is 36.5 Å². The first kappa shape index (κ1) is 21.7. The second-order valence-electron chi connectivity index (χ2n) is 7.61. The SMILES string of the molecule is Cc1ccc(-n2c(C)cc(/C=C(/C#N)C(=O)Nc3nnc(N4CCOCC4)s3)c2C)cc1. The molecule has 1 amide bonds. The average molecular weight is 449 g/mol. The number of nitrogens with zero attached hydrogens (tertiary/aromatic N) is 5. The molecule has 2 aromatic heterocycles.